The Morgan fingerprint density at radius 1 is 1.26 bits per heavy atom. The molecule has 0 amide bonds. The Labute approximate surface area is 141 Å². The molecular formula is C19H34N2O2. The number of hydrogen-bond acceptors (Lipinski definition) is 4. The molecule has 2 aliphatic carbocycles. The Hall–Kier alpha value is -0.610. The summed E-state index contributed by atoms with van der Waals surface area (Å²) in [7, 11) is 0. The fourth-order valence-electron chi connectivity index (χ4n) is 6.19. The van der Waals surface area contributed by atoms with Crippen LogP contribution < -0.4 is 5.73 Å². The Morgan fingerprint density at radius 3 is 2.39 bits per heavy atom. The van der Waals surface area contributed by atoms with E-state index in [1.807, 2.05) is 6.92 Å². The van der Waals surface area contributed by atoms with Crippen molar-refractivity contribution in [2.24, 2.45) is 22.5 Å². The van der Waals surface area contributed by atoms with Gasteiger partial charge in [0.1, 0.15) is 6.04 Å². The van der Waals surface area contributed by atoms with Crippen molar-refractivity contribution in [2.45, 2.75) is 77.8 Å². The van der Waals surface area contributed by atoms with Gasteiger partial charge in [-0.25, -0.2) is 0 Å². The molecule has 3 rings (SSSR count). The zero-order chi connectivity index (χ0) is 16.9. The summed E-state index contributed by atoms with van der Waals surface area (Å²) in [6.45, 7) is 11.6. The maximum atomic E-state index is 12.6. The highest BCUT2D eigenvalue weighted by atomic mass is 16.5. The molecule has 2 saturated carbocycles. The number of carbonyl (C=O) groups is 1. The molecule has 2 bridgehead atoms. The van der Waals surface area contributed by atoms with Crippen molar-refractivity contribution in [3.05, 3.63) is 0 Å². The number of fused-ring (bicyclic) bond motifs is 2. The number of nitrogens with two attached hydrogens (primary N) is 1. The van der Waals surface area contributed by atoms with Crippen LogP contribution in [0.1, 0.15) is 66.2 Å². The van der Waals surface area contributed by atoms with Crippen molar-refractivity contribution in [1.82, 2.24) is 4.90 Å². The maximum Gasteiger partial charge on any atom is 0.324 e. The van der Waals surface area contributed by atoms with Crippen molar-refractivity contribution in [3.8, 4) is 0 Å². The van der Waals surface area contributed by atoms with Crippen LogP contribution in [-0.4, -0.2) is 42.1 Å². The van der Waals surface area contributed by atoms with E-state index in [4.69, 9.17) is 10.5 Å². The SMILES string of the molecule is CCOC(=O)[C@H](N)[C@@]1(N2CCCCC2)C[C@@H]2CC[C@]1(C)C2(C)C. The lowest BCUT2D eigenvalue weighted by molar-refractivity contribution is -0.156. The molecule has 1 aliphatic heterocycles. The zero-order valence-electron chi connectivity index (χ0n) is 15.4. The van der Waals surface area contributed by atoms with E-state index in [0.717, 1.165) is 19.5 Å². The van der Waals surface area contributed by atoms with Gasteiger partial charge in [0.25, 0.3) is 0 Å². The predicted octanol–water partition coefficient (Wildman–Crippen LogP) is 2.95. The van der Waals surface area contributed by atoms with Gasteiger partial charge in [-0.15, -0.1) is 0 Å². The number of rotatable bonds is 4. The average Bonchev–Trinajstić information content (AvgIpc) is 2.87. The number of carbonyl (C=O) groups excluding carboxylic acids is 1. The van der Waals surface area contributed by atoms with Gasteiger partial charge in [-0.1, -0.05) is 27.2 Å². The summed E-state index contributed by atoms with van der Waals surface area (Å²) in [5, 5.41) is 0. The molecule has 1 saturated heterocycles. The minimum Gasteiger partial charge on any atom is -0.465 e. The minimum absolute atomic E-state index is 0.0776. The molecular weight excluding hydrogens is 288 g/mol. The highest BCUT2D eigenvalue weighted by molar-refractivity contribution is 5.78. The fraction of sp³-hybridized carbons (Fsp3) is 0.947. The first kappa shape index (κ1) is 17.2. The molecule has 0 aromatic rings. The molecule has 132 valence electrons. The van der Waals surface area contributed by atoms with Crippen LogP contribution in [0, 0.1) is 16.7 Å². The van der Waals surface area contributed by atoms with Gasteiger partial charge in [0.05, 0.1) is 12.1 Å². The van der Waals surface area contributed by atoms with Crippen LogP contribution >= 0.6 is 0 Å². The van der Waals surface area contributed by atoms with E-state index in [9.17, 15) is 4.79 Å². The van der Waals surface area contributed by atoms with Crippen molar-refractivity contribution >= 4 is 5.97 Å². The lowest BCUT2D eigenvalue weighted by Crippen LogP contribution is -2.70. The van der Waals surface area contributed by atoms with E-state index in [1.165, 1.54) is 32.1 Å². The number of nitrogens with zero attached hydrogens (tertiary/aromatic N) is 1. The van der Waals surface area contributed by atoms with Crippen LogP contribution in [0.2, 0.25) is 0 Å². The van der Waals surface area contributed by atoms with E-state index in [-0.39, 0.29) is 22.3 Å². The lowest BCUT2D eigenvalue weighted by atomic mass is 9.59. The molecule has 0 unspecified atom stereocenters. The highest BCUT2D eigenvalue weighted by Gasteiger charge is 2.73. The summed E-state index contributed by atoms with van der Waals surface area (Å²) in [4.78, 5) is 15.2. The monoisotopic (exact) mass is 322 g/mol. The minimum atomic E-state index is -0.532. The third kappa shape index (κ3) is 2.13. The van der Waals surface area contributed by atoms with Crippen molar-refractivity contribution in [3.63, 3.8) is 0 Å². The first-order valence-corrected chi connectivity index (χ1v) is 9.48. The Bertz CT molecular complexity index is 472. The zero-order valence-corrected chi connectivity index (χ0v) is 15.4. The van der Waals surface area contributed by atoms with Crippen LogP contribution in [-0.2, 0) is 9.53 Å². The smallest absolute Gasteiger partial charge is 0.324 e. The van der Waals surface area contributed by atoms with Crippen molar-refractivity contribution < 1.29 is 9.53 Å². The summed E-state index contributed by atoms with van der Waals surface area (Å²) in [5.74, 6) is 0.456. The summed E-state index contributed by atoms with van der Waals surface area (Å²) in [5.41, 5.74) is 6.73. The predicted molar refractivity (Wildman–Crippen MR) is 92.0 cm³/mol. The van der Waals surface area contributed by atoms with Gasteiger partial charge < -0.3 is 10.5 Å². The van der Waals surface area contributed by atoms with E-state index >= 15 is 0 Å². The molecule has 1 heterocycles. The van der Waals surface area contributed by atoms with Crippen LogP contribution in [0.25, 0.3) is 0 Å². The van der Waals surface area contributed by atoms with Gasteiger partial charge in [0.15, 0.2) is 0 Å². The summed E-state index contributed by atoms with van der Waals surface area (Å²) < 4.78 is 5.36. The van der Waals surface area contributed by atoms with Crippen molar-refractivity contribution in [1.29, 1.82) is 0 Å². The van der Waals surface area contributed by atoms with Crippen LogP contribution in [0.4, 0.5) is 0 Å². The van der Waals surface area contributed by atoms with Gasteiger partial charge in [-0.05, 0) is 68.9 Å². The molecule has 0 aromatic heterocycles. The first-order chi connectivity index (χ1) is 10.8. The van der Waals surface area contributed by atoms with Crippen LogP contribution in [0.3, 0.4) is 0 Å². The van der Waals surface area contributed by atoms with Gasteiger partial charge in [0, 0.05) is 0 Å². The summed E-state index contributed by atoms with van der Waals surface area (Å²) >= 11 is 0. The van der Waals surface area contributed by atoms with Gasteiger partial charge >= 0.3 is 5.97 Å². The largest absolute Gasteiger partial charge is 0.465 e. The number of likely N-dealkylation sites (tertiary alicyclic amines) is 1. The number of hydrogen-bond donors (Lipinski definition) is 1. The average molecular weight is 322 g/mol. The molecule has 2 N–H and O–H groups in total. The molecule has 0 radical (unpaired) electrons. The quantitative estimate of drug-likeness (QED) is 0.809. The molecule has 3 fully saturated rings. The molecule has 0 aromatic carbocycles. The van der Waals surface area contributed by atoms with Crippen LogP contribution in [0.15, 0.2) is 0 Å². The second-order valence-electron chi connectivity index (χ2n) is 8.70. The van der Waals surface area contributed by atoms with Gasteiger partial charge in [-0.2, -0.15) is 0 Å². The fourth-order valence-corrected chi connectivity index (χ4v) is 6.19. The van der Waals surface area contributed by atoms with Gasteiger partial charge in [0.2, 0.25) is 0 Å². The number of ether oxygens (including phenoxy) is 1. The van der Waals surface area contributed by atoms with Crippen molar-refractivity contribution in [2.75, 3.05) is 19.7 Å². The second kappa shape index (κ2) is 5.73. The topological polar surface area (TPSA) is 55.6 Å². The standard InChI is InChI=1S/C19H34N2O2/c1-5-23-16(22)15(20)19(21-11-7-6-8-12-21)13-14-9-10-18(19,4)17(14,2)3/h14-15H,5-13,20H2,1-4H3/t14-,15-,18+,19-/m0/s1. The van der Waals surface area contributed by atoms with E-state index in [1.54, 1.807) is 0 Å². The highest BCUT2D eigenvalue weighted by Crippen LogP contribution is 2.72. The molecule has 0 spiro atoms. The molecule has 4 atom stereocenters. The molecule has 23 heavy (non-hydrogen) atoms. The summed E-state index contributed by atoms with van der Waals surface area (Å²) in [6.07, 6.45) is 7.24. The summed E-state index contributed by atoms with van der Waals surface area (Å²) in [6, 6.07) is -0.532. The third-order valence-corrected chi connectivity index (χ3v) is 7.92. The lowest BCUT2D eigenvalue weighted by Gasteiger charge is -2.57. The van der Waals surface area contributed by atoms with Gasteiger partial charge in [-0.3, -0.25) is 9.69 Å². The Morgan fingerprint density at radius 2 is 1.91 bits per heavy atom. The maximum absolute atomic E-state index is 12.6. The molecule has 4 nitrogen and oxygen atoms in total. The Kier molecular flexibility index (Phi) is 4.29. The third-order valence-electron chi connectivity index (χ3n) is 7.92. The normalized spacial score (nSPS) is 41.0. The Balaban J connectivity index is 2.03. The first-order valence-electron chi connectivity index (χ1n) is 9.48. The van der Waals surface area contributed by atoms with E-state index in [0.29, 0.717) is 12.5 Å². The number of esters is 1. The van der Waals surface area contributed by atoms with E-state index < -0.39 is 6.04 Å². The second-order valence-corrected chi connectivity index (χ2v) is 8.70. The molecule has 3 aliphatic rings. The number of piperidine rings is 1. The van der Waals surface area contributed by atoms with E-state index in [2.05, 4.69) is 25.7 Å². The van der Waals surface area contributed by atoms with Crippen LogP contribution in [0.5, 0.6) is 0 Å². The molecule has 4 heteroatoms.